The maximum atomic E-state index is 13.2. The molecule has 0 amide bonds. The average Bonchev–Trinajstić information content (AvgIpc) is 3.81. The summed E-state index contributed by atoms with van der Waals surface area (Å²) in [7, 11) is 0. The Hall–Kier alpha value is -7.64. The first-order chi connectivity index (χ1) is 27.2. The number of benzene rings is 7. The number of hydrogen-bond acceptors (Lipinski definition) is 4. The molecule has 0 bridgehead atoms. The van der Waals surface area contributed by atoms with Crippen LogP contribution < -0.4 is 5.56 Å². The van der Waals surface area contributed by atoms with Crippen LogP contribution in [0.5, 0.6) is 0 Å². The predicted octanol–water partition coefficient (Wildman–Crippen LogP) is 11.1. The van der Waals surface area contributed by atoms with Gasteiger partial charge in [-0.2, -0.15) is 0 Å². The molecule has 0 aliphatic heterocycles. The first kappa shape index (κ1) is 30.9. The van der Waals surface area contributed by atoms with E-state index in [0.29, 0.717) is 22.9 Å². The van der Waals surface area contributed by atoms with E-state index in [2.05, 4.69) is 93.4 Å². The largest absolute Gasteiger partial charge is 0.354 e. The summed E-state index contributed by atoms with van der Waals surface area (Å²) in [5.74, 6) is 1.87. The van der Waals surface area contributed by atoms with Gasteiger partial charge < -0.3 is 14.5 Å². The molecule has 0 saturated carbocycles. The Balaban J connectivity index is 1.06. The highest BCUT2D eigenvalue weighted by atomic mass is 16.1. The molecular formula is C48H30N6O. The van der Waals surface area contributed by atoms with E-state index in [-0.39, 0.29) is 5.56 Å². The minimum Gasteiger partial charge on any atom is -0.354 e. The molecule has 7 nitrogen and oxygen atoms in total. The number of hydrogen-bond donors (Lipinski definition) is 2. The molecule has 11 aromatic rings. The lowest BCUT2D eigenvalue weighted by Gasteiger charge is -2.12. The fourth-order valence-electron chi connectivity index (χ4n) is 7.96. The minimum absolute atomic E-state index is 0.0882. The molecule has 0 spiro atoms. The molecule has 11 rings (SSSR count). The van der Waals surface area contributed by atoms with Gasteiger partial charge in [-0.25, -0.2) is 15.0 Å². The van der Waals surface area contributed by atoms with E-state index >= 15 is 0 Å². The lowest BCUT2D eigenvalue weighted by Crippen LogP contribution is -2.05. The van der Waals surface area contributed by atoms with Gasteiger partial charge >= 0.3 is 0 Å². The van der Waals surface area contributed by atoms with Crippen LogP contribution in [0.15, 0.2) is 175 Å². The smallest absolute Gasteiger partial charge is 0.258 e. The fourth-order valence-corrected chi connectivity index (χ4v) is 7.96. The molecule has 258 valence electrons. The number of pyridine rings is 1. The van der Waals surface area contributed by atoms with Crippen molar-refractivity contribution in [3.05, 3.63) is 180 Å². The van der Waals surface area contributed by atoms with Crippen LogP contribution >= 0.6 is 0 Å². The van der Waals surface area contributed by atoms with Gasteiger partial charge in [0.05, 0.1) is 27.5 Å². The summed E-state index contributed by atoms with van der Waals surface area (Å²) < 4.78 is 2.31. The van der Waals surface area contributed by atoms with Crippen LogP contribution in [0.1, 0.15) is 0 Å². The molecule has 0 aliphatic carbocycles. The number of aromatic amines is 2. The van der Waals surface area contributed by atoms with E-state index in [1.165, 1.54) is 0 Å². The van der Waals surface area contributed by atoms with Crippen molar-refractivity contribution < 1.29 is 0 Å². The second-order valence-corrected chi connectivity index (χ2v) is 13.8. The molecule has 4 aromatic heterocycles. The first-order valence-corrected chi connectivity index (χ1v) is 18.2. The van der Waals surface area contributed by atoms with Crippen LogP contribution in [0.2, 0.25) is 0 Å². The Bertz CT molecular complexity index is 3290. The second kappa shape index (κ2) is 12.2. The summed E-state index contributed by atoms with van der Waals surface area (Å²) in [6.45, 7) is 0. The molecule has 0 aliphatic rings. The van der Waals surface area contributed by atoms with Crippen LogP contribution in [0.4, 0.5) is 0 Å². The van der Waals surface area contributed by atoms with Crippen molar-refractivity contribution in [3.63, 3.8) is 0 Å². The third-order valence-electron chi connectivity index (χ3n) is 10.5. The minimum atomic E-state index is -0.0882. The van der Waals surface area contributed by atoms with Crippen molar-refractivity contribution in [2.24, 2.45) is 0 Å². The molecule has 0 atom stereocenters. The van der Waals surface area contributed by atoms with Crippen LogP contribution in [-0.4, -0.2) is 29.5 Å². The van der Waals surface area contributed by atoms with Gasteiger partial charge in [-0.1, -0.05) is 121 Å². The lowest BCUT2D eigenvalue weighted by molar-refractivity contribution is 1.07. The summed E-state index contributed by atoms with van der Waals surface area (Å²) >= 11 is 0. The summed E-state index contributed by atoms with van der Waals surface area (Å²) in [6, 6.07) is 57.9. The molecule has 7 aromatic carbocycles. The van der Waals surface area contributed by atoms with Gasteiger partial charge in [0.15, 0.2) is 17.5 Å². The van der Waals surface area contributed by atoms with Crippen molar-refractivity contribution >= 4 is 54.5 Å². The van der Waals surface area contributed by atoms with Gasteiger partial charge in [0.2, 0.25) is 0 Å². The Morgan fingerprint density at radius 1 is 0.400 bits per heavy atom. The number of aromatic nitrogens is 6. The summed E-state index contributed by atoms with van der Waals surface area (Å²) in [5, 5.41) is 4.89. The maximum absolute atomic E-state index is 13.2. The highest BCUT2D eigenvalue weighted by molar-refractivity contribution is 6.16. The first-order valence-electron chi connectivity index (χ1n) is 18.2. The van der Waals surface area contributed by atoms with Gasteiger partial charge in [0, 0.05) is 49.4 Å². The second-order valence-electron chi connectivity index (χ2n) is 13.8. The zero-order valence-electron chi connectivity index (χ0n) is 29.4. The van der Waals surface area contributed by atoms with Crippen LogP contribution in [0.3, 0.4) is 0 Å². The fraction of sp³-hybridized carbons (Fsp3) is 0. The van der Waals surface area contributed by atoms with E-state index in [1.54, 1.807) is 0 Å². The van der Waals surface area contributed by atoms with Crippen molar-refractivity contribution in [2.45, 2.75) is 0 Å². The van der Waals surface area contributed by atoms with Crippen molar-refractivity contribution in [2.75, 3.05) is 0 Å². The topological polar surface area (TPSA) is 92.2 Å². The standard InChI is InChI=1S/C48H30N6O/c55-48-43-36-19-7-9-20-39(36)49-44(43)38-28-31(22-24-40(38)50-48)32-23-25-42-37(27-32)35-18-8-10-21-41(35)54(42)34-17-11-16-33(26-34)47-52-45(29-12-3-1-4-13-29)51-46(53-47)30-14-5-2-6-15-30/h1-28,49H,(H,50,55). The highest BCUT2D eigenvalue weighted by Gasteiger charge is 2.17. The van der Waals surface area contributed by atoms with Crippen molar-refractivity contribution in [3.8, 4) is 51.0 Å². The number of para-hydroxylation sites is 2. The SMILES string of the molecule is O=c1[nH]c2ccc(-c3ccc4c(c3)c3ccccc3n4-c3cccc(-c4nc(-c5ccccc5)nc(-c5ccccc5)n4)c3)cc2c2[nH]c3ccccc3c12. The average molecular weight is 707 g/mol. The summed E-state index contributed by atoms with van der Waals surface area (Å²) in [5.41, 5.74) is 10.6. The van der Waals surface area contributed by atoms with Crippen molar-refractivity contribution in [1.29, 1.82) is 0 Å². The van der Waals surface area contributed by atoms with E-state index < -0.39 is 0 Å². The third-order valence-corrected chi connectivity index (χ3v) is 10.5. The normalized spacial score (nSPS) is 11.7. The van der Waals surface area contributed by atoms with Crippen LogP contribution in [0.25, 0.3) is 105 Å². The van der Waals surface area contributed by atoms with Gasteiger partial charge in [-0.05, 0) is 59.7 Å². The Labute approximate surface area is 314 Å². The van der Waals surface area contributed by atoms with E-state index in [0.717, 1.165) is 82.6 Å². The van der Waals surface area contributed by atoms with Gasteiger partial charge in [0.25, 0.3) is 5.56 Å². The molecule has 0 radical (unpaired) electrons. The Morgan fingerprint density at radius 2 is 0.964 bits per heavy atom. The van der Waals surface area contributed by atoms with Gasteiger partial charge in [-0.15, -0.1) is 0 Å². The van der Waals surface area contributed by atoms with Crippen LogP contribution in [0, 0.1) is 0 Å². The Kier molecular flexibility index (Phi) is 6.87. The number of nitrogens with zero attached hydrogens (tertiary/aromatic N) is 4. The van der Waals surface area contributed by atoms with E-state index in [9.17, 15) is 4.79 Å². The zero-order valence-corrected chi connectivity index (χ0v) is 29.4. The predicted molar refractivity (Wildman–Crippen MR) is 223 cm³/mol. The number of nitrogens with one attached hydrogen (secondary N) is 2. The molecule has 4 heterocycles. The maximum Gasteiger partial charge on any atom is 0.258 e. The highest BCUT2D eigenvalue weighted by Crippen LogP contribution is 2.37. The molecule has 0 saturated heterocycles. The molecule has 2 N–H and O–H groups in total. The number of rotatable bonds is 5. The van der Waals surface area contributed by atoms with Crippen LogP contribution in [-0.2, 0) is 0 Å². The zero-order chi connectivity index (χ0) is 36.5. The molecular weight excluding hydrogens is 677 g/mol. The summed E-state index contributed by atoms with van der Waals surface area (Å²) in [4.78, 5) is 34.7. The number of fused-ring (bicyclic) bond motifs is 8. The molecule has 55 heavy (non-hydrogen) atoms. The number of H-pyrrole nitrogens is 2. The monoisotopic (exact) mass is 706 g/mol. The summed E-state index contributed by atoms with van der Waals surface area (Å²) in [6.07, 6.45) is 0. The lowest BCUT2D eigenvalue weighted by atomic mass is 10.00. The van der Waals surface area contributed by atoms with Crippen molar-refractivity contribution in [1.82, 2.24) is 29.5 Å². The molecule has 0 fully saturated rings. The van der Waals surface area contributed by atoms with E-state index in [1.807, 2.05) is 91.0 Å². The molecule has 0 unspecified atom stereocenters. The third kappa shape index (κ3) is 5.05. The quantitative estimate of drug-likeness (QED) is 0.186. The molecule has 7 heteroatoms. The van der Waals surface area contributed by atoms with Gasteiger partial charge in [0.1, 0.15) is 0 Å². The van der Waals surface area contributed by atoms with E-state index in [4.69, 9.17) is 15.0 Å². The Morgan fingerprint density at radius 3 is 1.71 bits per heavy atom. The van der Waals surface area contributed by atoms with Gasteiger partial charge in [-0.3, -0.25) is 4.79 Å².